The number of nitrogens with one attached hydrogen (secondary N) is 3. The number of aromatic nitrogens is 4. The summed E-state index contributed by atoms with van der Waals surface area (Å²) in [6, 6.07) is 12.9. The van der Waals surface area contributed by atoms with Crippen molar-refractivity contribution in [3.8, 4) is 5.82 Å². The van der Waals surface area contributed by atoms with Crippen molar-refractivity contribution in [1.82, 2.24) is 19.7 Å². The average molecular weight is 524 g/mol. The number of aryl methyl sites for hydroxylation is 1. The molecule has 0 unspecified atom stereocenters. The molecule has 1 amide bonds. The molecule has 196 valence electrons. The van der Waals surface area contributed by atoms with E-state index in [9.17, 15) is 22.8 Å². The highest BCUT2D eigenvalue weighted by atomic mass is 19.4. The summed E-state index contributed by atoms with van der Waals surface area (Å²) in [5.74, 6) is 0.911. The van der Waals surface area contributed by atoms with Gasteiger partial charge in [-0.3, -0.25) is 14.7 Å². The lowest BCUT2D eigenvalue weighted by atomic mass is 10.1. The number of hydrogen-bond donors (Lipinski definition) is 3. The Hall–Kier alpha value is -4.61. The van der Waals surface area contributed by atoms with Crippen LogP contribution in [0.2, 0.25) is 0 Å². The van der Waals surface area contributed by atoms with Crippen molar-refractivity contribution in [3.05, 3.63) is 88.0 Å². The number of aromatic amines is 1. The van der Waals surface area contributed by atoms with Gasteiger partial charge >= 0.3 is 6.18 Å². The van der Waals surface area contributed by atoms with Crippen LogP contribution in [-0.4, -0.2) is 38.7 Å². The second-order valence-electron chi connectivity index (χ2n) is 9.09. The Balaban J connectivity index is 1.42. The van der Waals surface area contributed by atoms with Gasteiger partial charge in [0, 0.05) is 42.2 Å². The van der Waals surface area contributed by atoms with Crippen molar-refractivity contribution in [2.75, 3.05) is 22.6 Å². The van der Waals surface area contributed by atoms with Gasteiger partial charge in [0.1, 0.15) is 18.0 Å². The molecule has 1 saturated carbocycles. The fourth-order valence-electron chi connectivity index (χ4n) is 4.00. The molecule has 0 radical (unpaired) electrons. The topological polar surface area (TPSA) is 108 Å². The van der Waals surface area contributed by atoms with Gasteiger partial charge < -0.3 is 15.5 Å². The largest absolute Gasteiger partial charge is 0.416 e. The summed E-state index contributed by atoms with van der Waals surface area (Å²) in [5.41, 5.74) is 0.513. The normalized spacial score (nSPS) is 13.3. The third kappa shape index (κ3) is 5.38. The third-order valence-corrected chi connectivity index (χ3v) is 6.15. The van der Waals surface area contributed by atoms with Gasteiger partial charge in [-0.1, -0.05) is 12.1 Å². The molecule has 1 fully saturated rings. The molecule has 0 atom stereocenters. The fourth-order valence-corrected chi connectivity index (χ4v) is 4.00. The van der Waals surface area contributed by atoms with Crippen LogP contribution in [-0.2, 0) is 6.18 Å². The minimum absolute atomic E-state index is 0.117. The predicted molar refractivity (Wildman–Crippen MR) is 137 cm³/mol. The molecule has 1 aliphatic carbocycles. The zero-order valence-corrected chi connectivity index (χ0v) is 20.5. The molecule has 5 rings (SSSR count). The van der Waals surface area contributed by atoms with E-state index in [1.165, 1.54) is 29.2 Å². The molecule has 0 spiro atoms. The van der Waals surface area contributed by atoms with E-state index in [0.29, 0.717) is 34.9 Å². The van der Waals surface area contributed by atoms with Crippen molar-refractivity contribution < 1.29 is 18.0 Å². The number of halogens is 3. The highest BCUT2D eigenvalue weighted by molar-refractivity contribution is 6.04. The van der Waals surface area contributed by atoms with Crippen molar-refractivity contribution >= 4 is 28.9 Å². The van der Waals surface area contributed by atoms with E-state index in [0.717, 1.165) is 30.5 Å². The van der Waals surface area contributed by atoms with Crippen molar-refractivity contribution in [2.24, 2.45) is 0 Å². The monoisotopic (exact) mass is 523 g/mol. The third-order valence-electron chi connectivity index (χ3n) is 6.15. The van der Waals surface area contributed by atoms with Crippen LogP contribution in [0.25, 0.3) is 5.82 Å². The molecule has 2 aromatic heterocycles. The second kappa shape index (κ2) is 9.69. The lowest BCUT2D eigenvalue weighted by Gasteiger charge is -2.23. The number of carbonyl (C=O) groups is 1. The number of carbonyl (C=O) groups excluding carboxylic acids is 1. The molecular formula is C26H24F3N7O2. The Morgan fingerprint density at radius 1 is 1.11 bits per heavy atom. The predicted octanol–water partition coefficient (Wildman–Crippen LogP) is 4.88. The van der Waals surface area contributed by atoms with E-state index in [2.05, 4.69) is 25.7 Å². The lowest BCUT2D eigenvalue weighted by Crippen LogP contribution is -2.18. The zero-order chi connectivity index (χ0) is 27.0. The van der Waals surface area contributed by atoms with E-state index in [4.69, 9.17) is 0 Å². The van der Waals surface area contributed by atoms with E-state index in [-0.39, 0.29) is 11.1 Å². The molecule has 0 aliphatic heterocycles. The highest BCUT2D eigenvalue weighted by Crippen LogP contribution is 2.32. The first-order chi connectivity index (χ1) is 18.1. The Morgan fingerprint density at radius 2 is 1.89 bits per heavy atom. The van der Waals surface area contributed by atoms with Gasteiger partial charge in [-0.15, -0.1) is 0 Å². The maximum atomic E-state index is 13.1. The molecule has 12 heteroatoms. The van der Waals surface area contributed by atoms with Gasteiger partial charge in [0.25, 0.3) is 11.5 Å². The summed E-state index contributed by atoms with van der Waals surface area (Å²) in [4.78, 5) is 35.4. The number of anilines is 4. The number of nitrogens with zero attached hydrogens (tertiary/aromatic N) is 4. The van der Waals surface area contributed by atoms with Crippen LogP contribution in [0.15, 0.2) is 65.7 Å². The maximum absolute atomic E-state index is 13.1. The van der Waals surface area contributed by atoms with Gasteiger partial charge in [-0.2, -0.15) is 13.2 Å². The molecule has 4 aromatic rings. The highest BCUT2D eigenvalue weighted by Gasteiger charge is 2.31. The number of hydrogen-bond acceptors (Lipinski definition) is 6. The van der Waals surface area contributed by atoms with Crippen LogP contribution in [0.5, 0.6) is 0 Å². The summed E-state index contributed by atoms with van der Waals surface area (Å²) < 4.78 is 40.7. The van der Waals surface area contributed by atoms with Gasteiger partial charge in [0.2, 0.25) is 0 Å². The van der Waals surface area contributed by atoms with Crippen LogP contribution in [0, 0.1) is 6.92 Å². The van der Waals surface area contributed by atoms with Crippen molar-refractivity contribution in [3.63, 3.8) is 0 Å². The first-order valence-corrected chi connectivity index (χ1v) is 11.8. The quantitative estimate of drug-likeness (QED) is 0.319. The maximum Gasteiger partial charge on any atom is 0.416 e. The van der Waals surface area contributed by atoms with Crippen LogP contribution >= 0.6 is 0 Å². The van der Waals surface area contributed by atoms with E-state index >= 15 is 0 Å². The molecule has 3 N–H and O–H groups in total. The van der Waals surface area contributed by atoms with Gasteiger partial charge in [-0.25, -0.2) is 14.6 Å². The van der Waals surface area contributed by atoms with E-state index in [1.807, 2.05) is 6.92 Å². The fraction of sp³-hybridized carbons (Fsp3) is 0.231. The van der Waals surface area contributed by atoms with E-state index < -0.39 is 17.6 Å². The summed E-state index contributed by atoms with van der Waals surface area (Å²) in [7, 11) is 1.75. The van der Waals surface area contributed by atoms with Crippen LogP contribution in [0.1, 0.15) is 34.3 Å². The zero-order valence-electron chi connectivity index (χ0n) is 20.5. The molecule has 0 saturated heterocycles. The number of rotatable bonds is 7. The van der Waals surface area contributed by atoms with Gasteiger partial charge in [-0.05, 0) is 55.7 Å². The summed E-state index contributed by atoms with van der Waals surface area (Å²) in [6.07, 6.45) is -0.987. The van der Waals surface area contributed by atoms with Gasteiger partial charge in [0.05, 0.1) is 5.56 Å². The molecule has 0 bridgehead atoms. The Bertz CT molecular complexity index is 1560. The standard InChI is InChI=1S/C26H24F3N7O2/c1-15-6-7-19(33-25(38)16-4-3-5-17(10-16)26(27,28)29)11-20(15)35(2)24-13-23(37)34-36(24)22-12-21(30-14-31-22)32-18-8-9-18/h3-7,10-14,18H,8-9H2,1-2H3,(H,33,38)(H,34,37)(H,30,31,32). The first-order valence-electron chi connectivity index (χ1n) is 11.8. The summed E-state index contributed by atoms with van der Waals surface area (Å²) in [5, 5.41) is 8.71. The lowest BCUT2D eigenvalue weighted by molar-refractivity contribution is -0.137. The SMILES string of the molecule is Cc1ccc(NC(=O)c2cccc(C(F)(F)F)c2)cc1N(C)c1cc(=O)[nH]n1-c1cc(NC2CC2)ncn1. The van der Waals surface area contributed by atoms with Crippen LogP contribution in [0.3, 0.4) is 0 Å². The van der Waals surface area contributed by atoms with E-state index in [1.54, 1.807) is 36.2 Å². The van der Waals surface area contributed by atoms with Crippen LogP contribution in [0.4, 0.5) is 36.2 Å². The minimum Gasteiger partial charge on any atom is -0.367 e. The number of H-pyrrole nitrogens is 1. The van der Waals surface area contributed by atoms with Crippen molar-refractivity contribution in [2.45, 2.75) is 32.0 Å². The molecule has 2 aromatic carbocycles. The number of benzene rings is 2. The smallest absolute Gasteiger partial charge is 0.367 e. The molecule has 38 heavy (non-hydrogen) atoms. The average Bonchev–Trinajstić information content (AvgIpc) is 3.61. The number of amides is 1. The Morgan fingerprint density at radius 3 is 2.63 bits per heavy atom. The molecule has 9 nitrogen and oxygen atoms in total. The Labute approximate surface area is 215 Å². The number of alkyl halides is 3. The molecular weight excluding hydrogens is 499 g/mol. The first kappa shape index (κ1) is 25.1. The second-order valence-corrected chi connectivity index (χ2v) is 9.09. The summed E-state index contributed by atoms with van der Waals surface area (Å²) in [6.45, 7) is 1.86. The molecule has 2 heterocycles. The molecule has 1 aliphatic rings. The van der Waals surface area contributed by atoms with Gasteiger partial charge in [0.15, 0.2) is 5.82 Å². The minimum atomic E-state index is -4.55. The summed E-state index contributed by atoms with van der Waals surface area (Å²) >= 11 is 0. The van der Waals surface area contributed by atoms with Crippen molar-refractivity contribution in [1.29, 1.82) is 0 Å². The van der Waals surface area contributed by atoms with Crippen LogP contribution < -0.4 is 21.1 Å². The Kier molecular flexibility index (Phi) is 6.39.